The Labute approximate surface area is 130 Å². The minimum atomic E-state index is -0.499. The molecule has 0 unspecified atom stereocenters. The van der Waals surface area contributed by atoms with Crippen LogP contribution in [0.4, 0.5) is 4.39 Å². The number of carbonyl (C=O) groups is 1. The van der Waals surface area contributed by atoms with E-state index in [9.17, 15) is 14.3 Å². The monoisotopic (exact) mass is 313 g/mol. The van der Waals surface area contributed by atoms with E-state index in [0.717, 1.165) is 11.6 Å². The second-order valence-electron chi connectivity index (χ2n) is 4.83. The summed E-state index contributed by atoms with van der Waals surface area (Å²) in [7, 11) is 0. The van der Waals surface area contributed by atoms with Gasteiger partial charge in [0.15, 0.2) is 5.82 Å². The molecule has 0 radical (unpaired) electrons. The molecule has 2 heterocycles. The minimum absolute atomic E-state index is 0.0339. The van der Waals surface area contributed by atoms with Gasteiger partial charge in [0.1, 0.15) is 29.9 Å². The van der Waals surface area contributed by atoms with Crippen molar-refractivity contribution in [2.24, 2.45) is 0 Å². The van der Waals surface area contributed by atoms with Gasteiger partial charge in [-0.25, -0.2) is 9.37 Å². The summed E-state index contributed by atoms with van der Waals surface area (Å²) in [6.45, 7) is 0. The summed E-state index contributed by atoms with van der Waals surface area (Å²) >= 11 is 0. The number of hydrogen-bond acceptors (Lipinski definition) is 5. The van der Waals surface area contributed by atoms with Crippen LogP contribution in [0.5, 0.6) is 0 Å². The first-order valence-electron chi connectivity index (χ1n) is 6.74. The van der Waals surface area contributed by atoms with Crippen LogP contribution in [0.3, 0.4) is 0 Å². The zero-order chi connectivity index (χ0) is 16.2. The highest BCUT2D eigenvalue weighted by Gasteiger charge is 2.11. The highest BCUT2D eigenvalue weighted by atomic mass is 19.1. The minimum Gasteiger partial charge on any atom is -0.507 e. The number of benzene rings is 1. The van der Waals surface area contributed by atoms with Crippen LogP contribution in [0.2, 0.25) is 0 Å². The molecule has 0 bridgehead atoms. The zero-order valence-electron chi connectivity index (χ0n) is 11.9. The average molecular weight is 313 g/mol. The fourth-order valence-electron chi connectivity index (χ4n) is 2.01. The van der Waals surface area contributed by atoms with Crippen LogP contribution in [0.25, 0.3) is 5.76 Å². The van der Waals surface area contributed by atoms with E-state index in [-0.39, 0.29) is 17.4 Å². The van der Waals surface area contributed by atoms with Crippen molar-refractivity contribution in [2.75, 3.05) is 0 Å². The molecule has 0 aliphatic heterocycles. The van der Waals surface area contributed by atoms with Crippen molar-refractivity contribution in [3.05, 3.63) is 77.5 Å². The third-order valence-corrected chi connectivity index (χ3v) is 3.16. The maximum absolute atomic E-state index is 12.9. The van der Waals surface area contributed by atoms with Crippen LogP contribution in [-0.2, 0) is 6.42 Å². The first kappa shape index (κ1) is 14.7. The molecule has 2 aromatic heterocycles. The molecule has 0 saturated carbocycles. The van der Waals surface area contributed by atoms with Crippen LogP contribution < -0.4 is 0 Å². The quantitative estimate of drug-likeness (QED) is 0.429. The van der Waals surface area contributed by atoms with Crippen molar-refractivity contribution in [1.29, 1.82) is 0 Å². The third kappa shape index (κ3) is 3.52. The molecule has 6 nitrogen and oxygen atoms in total. The van der Waals surface area contributed by atoms with Gasteiger partial charge in [-0.15, -0.1) is 0 Å². The molecule has 23 heavy (non-hydrogen) atoms. The largest absolute Gasteiger partial charge is 0.507 e. The van der Waals surface area contributed by atoms with E-state index in [1.807, 2.05) is 0 Å². The number of nitrogens with one attached hydrogen (secondary N) is 1. The third-order valence-electron chi connectivity index (χ3n) is 3.16. The second-order valence-corrected chi connectivity index (χ2v) is 4.83. The van der Waals surface area contributed by atoms with Crippen molar-refractivity contribution in [1.82, 2.24) is 15.2 Å². The fourth-order valence-corrected chi connectivity index (χ4v) is 2.01. The number of rotatable bonds is 5. The molecule has 3 rings (SSSR count). The predicted molar refractivity (Wildman–Crippen MR) is 79.2 cm³/mol. The Morgan fingerprint density at radius 1 is 1.35 bits per heavy atom. The molecule has 0 aliphatic rings. The average Bonchev–Trinajstić information content (AvgIpc) is 3.21. The molecule has 0 amide bonds. The fraction of sp³-hybridized carbons (Fsp3) is 0.0625. The number of nitrogens with zero attached hydrogens (tertiary/aromatic N) is 2. The number of hydrogen-bond donors (Lipinski definition) is 2. The van der Waals surface area contributed by atoms with E-state index in [4.69, 9.17) is 4.42 Å². The molecule has 0 fully saturated rings. The molecule has 0 atom stereocenters. The first-order chi connectivity index (χ1) is 11.1. The van der Waals surface area contributed by atoms with Crippen molar-refractivity contribution < 1.29 is 18.7 Å². The molecule has 0 saturated heterocycles. The highest BCUT2D eigenvalue weighted by Crippen LogP contribution is 2.19. The van der Waals surface area contributed by atoms with Crippen molar-refractivity contribution in [3.63, 3.8) is 0 Å². The lowest BCUT2D eigenvalue weighted by molar-refractivity contribution is 0.103. The van der Waals surface area contributed by atoms with E-state index >= 15 is 0 Å². The summed E-state index contributed by atoms with van der Waals surface area (Å²) in [6, 6.07) is 7.66. The van der Waals surface area contributed by atoms with Gasteiger partial charge in [0, 0.05) is 12.5 Å². The number of aliphatic hydroxyl groups excluding tert-OH is 1. The second kappa shape index (κ2) is 6.27. The normalized spacial score (nSPS) is 11.6. The number of carbonyl (C=O) groups excluding carboxylic acids is 1. The number of ketones is 1. The topological polar surface area (TPSA) is 92.0 Å². The maximum atomic E-state index is 12.9. The van der Waals surface area contributed by atoms with Gasteiger partial charge in [-0.2, -0.15) is 5.10 Å². The Bertz CT molecular complexity index is 836. The molecule has 116 valence electrons. The molecule has 1 aromatic carbocycles. The van der Waals surface area contributed by atoms with Gasteiger partial charge in [-0.1, -0.05) is 12.1 Å². The molecule has 0 aliphatic carbocycles. The van der Waals surface area contributed by atoms with Gasteiger partial charge in [0.25, 0.3) is 0 Å². The number of aliphatic hydroxyl groups is 1. The lowest BCUT2D eigenvalue weighted by Crippen LogP contribution is -1.99. The molecular weight excluding hydrogens is 301 g/mol. The number of H-pyrrole nitrogens is 1. The maximum Gasteiger partial charge on any atom is 0.226 e. The summed E-state index contributed by atoms with van der Waals surface area (Å²) in [6.07, 6.45) is 4.03. The Morgan fingerprint density at radius 3 is 2.83 bits per heavy atom. The molecule has 7 heteroatoms. The number of allylic oxidation sites excluding steroid dienone is 1. The van der Waals surface area contributed by atoms with Crippen molar-refractivity contribution in [2.45, 2.75) is 6.42 Å². The Morgan fingerprint density at radius 2 is 2.13 bits per heavy atom. The van der Waals surface area contributed by atoms with E-state index in [2.05, 4.69) is 15.2 Å². The standard InChI is InChI=1S/C16H12FN3O3/c17-12-3-1-10(2-4-12)5-13-6-11(8-23-13)14(21)7-15(22)16-18-9-19-20-16/h1-4,6-9,21H,5H2,(H,18,19,20). The van der Waals surface area contributed by atoms with Crippen LogP contribution in [0, 0.1) is 5.82 Å². The van der Waals surface area contributed by atoms with Gasteiger partial charge in [0.2, 0.25) is 5.78 Å². The molecular formula is C16H12FN3O3. The zero-order valence-corrected chi connectivity index (χ0v) is 11.9. The van der Waals surface area contributed by atoms with Gasteiger partial charge in [-0.3, -0.25) is 9.89 Å². The summed E-state index contributed by atoms with van der Waals surface area (Å²) in [5, 5.41) is 16.0. The number of aromatic nitrogens is 3. The van der Waals surface area contributed by atoms with Crippen molar-refractivity contribution >= 4 is 11.5 Å². The predicted octanol–water partition coefficient (Wildman–Crippen LogP) is 2.91. The Kier molecular flexibility index (Phi) is 4.01. The smallest absolute Gasteiger partial charge is 0.226 e. The summed E-state index contributed by atoms with van der Waals surface area (Å²) in [5.74, 6) is -0.424. The lowest BCUT2D eigenvalue weighted by Gasteiger charge is -1.97. The molecule has 3 aromatic rings. The highest BCUT2D eigenvalue weighted by molar-refractivity contribution is 6.05. The van der Waals surface area contributed by atoms with Crippen LogP contribution in [-0.4, -0.2) is 26.1 Å². The SMILES string of the molecule is O=C(C=C(O)c1coc(Cc2ccc(F)cc2)c1)c1ncn[nH]1. The van der Waals surface area contributed by atoms with Crippen LogP contribution in [0.1, 0.15) is 27.5 Å². The van der Waals surface area contributed by atoms with E-state index in [1.54, 1.807) is 18.2 Å². The lowest BCUT2D eigenvalue weighted by atomic mass is 10.1. The number of halogens is 1. The van der Waals surface area contributed by atoms with Gasteiger partial charge >= 0.3 is 0 Å². The molecule has 0 spiro atoms. The van der Waals surface area contributed by atoms with Gasteiger partial charge < -0.3 is 9.52 Å². The van der Waals surface area contributed by atoms with Gasteiger partial charge in [0.05, 0.1) is 5.56 Å². The number of aromatic amines is 1. The summed E-state index contributed by atoms with van der Waals surface area (Å²) in [4.78, 5) is 15.5. The van der Waals surface area contributed by atoms with Crippen LogP contribution >= 0.6 is 0 Å². The van der Waals surface area contributed by atoms with Crippen molar-refractivity contribution in [3.8, 4) is 0 Å². The number of furan rings is 1. The Balaban J connectivity index is 1.73. The Hall–Kier alpha value is -3.22. The van der Waals surface area contributed by atoms with E-state index in [0.29, 0.717) is 17.7 Å². The first-order valence-corrected chi connectivity index (χ1v) is 6.74. The summed E-state index contributed by atoms with van der Waals surface area (Å²) in [5.41, 5.74) is 1.24. The van der Waals surface area contributed by atoms with Gasteiger partial charge in [-0.05, 0) is 23.8 Å². The van der Waals surface area contributed by atoms with Crippen LogP contribution in [0.15, 0.2) is 53.4 Å². The summed E-state index contributed by atoms with van der Waals surface area (Å²) < 4.78 is 18.2. The van der Waals surface area contributed by atoms with E-state index < -0.39 is 5.78 Å². The van der Waals surface area contributed by atoms with E-state index in [1.165, 1.54) is 24.7 Å². The molecule has 2 N–H and O–H groups in total.